The molecule has 0 bridgehead atoms. The lowest BCUT2D eigenvalue weighted by molar-refractivity contribution is 0.566. The van der Waals surface area contributed by atoms with Gasteiger partial charge in [-0.1, -0.05) is 25.1 Å². The molecular formula is C17H27N3. The largest absolute Gasteiger partial charge is 0.368 e. The number of hydrogen-bond acceptors (Lipinski definition) is 3. The number of rotatable bonds is 8. The maximum absolute atomic E-state index is 8.85. The first-order valence-electron chi connectivity index (χ1n) is 7.57. The number of hydrogen-bond donors (Lipinski definition) is 1. The van der Waals surface area contributed by atoms with Crippen LogP contribution in [-0.2, 0) is 0 Å². The van der Waals surface area contributed by atoms with Crippen molar-refractivity contribution < 1.29 is 0 Å². The van der Waals surface area contributed by atoms with Gasteiger partial charge in [-0.2, -0.15) is 5.26 Å². The lowest BCUT2D eigenvalue weighted by atomic mass is 10.0. The van der Waals surface area contributed by atoms with Crippen LogP contribution in [0.4, 0.5) is 5.69 Å². The second-order valence-corrected chi connectivity index (χ2v) is 5.43. The molecule has 1 N–H and O–H groups in total. The Morgan fingerprint density at radius 3 is 2.55 bits per heavy atom. The summed E-state index contributed by atoms with van der Waals surface area (Å²) in [5.41, 5.74) is 2.56. The van der Waals surface area contributed by atoms with Crippen molar-refractivity contribution in [1.29, 1.82) is 5.26 Å². The maximum atomic E-state index is 8.85. The lowest BCUT2D eigenvalue weighted by Gasteiger charge is -2.32. The maximum Gasteiger partial charge on any atom is 0.0640 e. The number of nitriles is 1. The summed E-state index contributed by atoms with van der Waals surface area (Å²) < 4.78 is 0. The highest BCUT2D eigenvalue weighted by atomic mass is 15.2. The van der Waals surface area contributed by atoms with Gasteiger partial charge in [0.2, 0.25) is 0 Å². The third-order valence-electron chi connectivity index (χ3n) is 3.50. The molecule has 1 unspecified atom stereocenters. The molecule has 0 aliphatic heterocycles. The number of nitrogens with one attached hydrogen (secondary N) is 1. The monoisotopic (exact) mass is 273 g/mol. The van der Waals surface area contributed by atoms with E-state index < -0.39 is 0 Å². The minimum atomic E-state index is 0.328. The fraction of sp³-hybridized carbons (Fsp3) is 0.588. The van der Waals surface area contributed by atoms with Crippen LogP contribution in [-0.4, -0.2) is 19.1 Å². The van der Waals surface area contributed by atoms with Gasteiger partial charge in [0.1, 0.15) is 0 Å². The van der Waals surface area contributed by atoms with Gasteiger partial charge in [0.05, 0.1) is 12.5 Å². The summed E-state index contributed by atoms with van der Waals surface area (Å²) in [6.07, 6.45) is 1.69. The Morgan fingerprint density at radius 2 is 1.95 bits per heavy atom. The smallest absolute Gasteiger partial charge is 0.0640 e. The molecule has 3 nitrogen and oxygen atoms in total. The van der Waals surface area contributed by atoms with Crippen LogP contribution in [0, 0.1) is 11.3 Å². The quantitative estimate of drug-likeness (QED) is 0.781. The number of para-hydroxylation sites is 1. The molecule has 1 aromatic rings. The average molecular weight is 273 g/mol. The highest BCUT2D eigenvalue weighted by Crippen LogP contribution is 2.27. The highest BCUT2D eigenvalue weighted by molar-refractivity contribution is 5.55. The van der Waals surface area contributed by atoms with Crippen LogP contribution in [0.2, 0.25) is 0 Å². The zero-order valence-electron chi connectivity index (χ0n) is 13.2. The third kappa shape index (κ3) is 4.54. The summed E-state index contributed by atoms with van der Waals surface area (Å²) in [4.78, 5) is 2.32. The van der Waals surface area contributed by atoms with Crippen molar-refractivity contribution >= 4 is 5.69 Å². The summed E-state index contributed by atoms with van der Waals surface area (Å²) >= 11 is 0. The van der Waals surface area contributed by atoms with E-state index in [4.69, 9.17) is 5.26 Å². The molecular weight excluding hydrogens is 246 g/mol. The van der Waals surface area contributed by atoms with Crippen molar-refractivity contribution in [2.75, 3.05) is 18.0 Å². The Kier molecular flexibility index (Phi) is 7.11. The van der Waals surface area contributed by atoms with Gasteiger partial charge in [-0.3, -0.25) is 0 Å². The average Bonchev–Trinajstić information content (AvgIpc) is 2.45. The first kappa shape index (κ1) is 16.5. The highest BCUT2D eigenvalue weighted by Gasteiger charge is 2.16. The summed E-state index contributed by atoms with van der Waals surface area (Å²) in [6, 6.07) is 11.5. The molecule has 1 aromatic carbocycles. The molecule has 0 amide bonds. The van der Waals surface area contributed by atoms with Crippen LogP contribution < -0.4 is 10.2 Å². The molecule has 20 heavy (non-hydrogen) atoms. The van der Waals surface area contributed by atoms with Gasteiger partial charge in [-0.15, -0.1) is 0 Å². The minimum absolute atomic E-state index is 0.328. The van der Waals surface area contributed by atoms with Crippen LogP contribution in [0.25, 0.3) is 0 Å². The number of nitrogens with zero attached hydrogens (tertiary/aromatic N) is 2. The van der Waals surface area contributed by atoms with Crippen molar-refractivity contribution in [3.63, 3.8) is 0 Å². The van der Waals surface area contributed by atoms with E-state index in [1.807, 2.05) is 0 Å². The van der Waals surface area contributed by atoms with Crippen LogP contribution in [0.15, 0.2) is 24.3 Å². The van der Waals surface area contributed by atoms with E-state index in [1.165, 1.54) is 11.3 Å². The van der Waals surface area contributed by atoms with Crippen LogP contribution >= 0.6 is 0 Å². The van der Waals surface area contributed by atoms with Crippen molar-refractivity contribution in [3.8, 4) is 6.07 Å². The Bertz CT molecular complexity index is 434. The van der Waals surface area contributed by atoms with Crippen LogP contribution in [0.1, 0.15) is 52.1 Å². The van der Waals surface area contributed by atoms with Gasteiger partial charge in [-0.25, -0.2) is 0 Å². The first-order chi connectivity index (χ1) is 9.61. The molecule has 0 aliphatic carbocycles. The van der Waals surface area contributed by atoms with Gasteiger partial charge in [0, 0.05) is 24.3 Å². The second kappa shape index (κ2) is 8.60. The van der Waals surface area contributed by atoms with E-state index in [0.29, 0.717) is 18.5 Å². The summed E-state index contributed by atoms with van der Waals surface area (Å²) in [5, 5.41) is 12.4. The zero-order chi connectivity index (χ0) is 15.0. The van der Waals surface area contributed by atoms with Gasteiger partial charge in [-0.05, 0) is 45.4 Å². The molecule has 1 rings (SSSR count). The van der Waals surface area contributed by atoms with Gasteiger partial charge < -0.3 is 10.2 Å². The van der Waals surface area contributed by atoms with E-state index in [2.05, 4.69) is 68.2 Å². The van der Waals surface area contributed by atoms with Crippen LogP contribution in [0.3, 0.4) is 0 Å². The lowest BCUT2D eigenvalue weighted by Crippen LogP contribution is -2.33. The Hall–Kier alpha value is -1.53. The van der Waals surface area contributed by atoms with E-state index in [1.54, 1.807) is 0 Å². The predicted octanol–water partition coefficient (Wildman–Crippen LogP) is 3.88. The SMILES string of the molecule is CCCNC(C)c1ccccc1N(CCC#N)C(C)C. The van der Waals surface area contributed by atoms with E-state index in [-0.39, 0.29) is 0 Å². The third-order valence-corrected chi connectivity index (χ3v) is 3.50. The zero-order valence-corrected chi connectivity index (χ0v) is 13.2. The van der Waals surface area contributed by atoms with Gasteiger partial charge in [0.15, 0.2) is 0 Å². The summed E-state index contributed by atoms with van der Waals surface area (Å²) in [6.45, 7) is 10.5. The molecule has 0 aromatic heterocycles. The summed E-state index contributed by atoms with van der Waals surface area (Å²) in [5.74, 6) is 0. The minimum Gasteiger partial charge on any atom is -0.368 e. The van der Waals surface area contributed by atoms with Gasteiger partial charge >= 0.3 is 0 Å². The molecule has 110 valence electrons. The summed E-state index contributed by atoms with van der Waals surface area (Å²) in [7, 11) is 0. The van der Waals surface area contributed by atoms with E-state index in [0.717, 1.165) is 19.5 Å². The number of anilines is 1. The van der Waals surface area contributed by atoms with Gasteiger partial charge in [0.25, 0.3) is 0 Å². The second-order valence-electron chi connectivity index (χ2n) is 5.43. The van der Waals surface area contributed by atoms with Crippen molar-refractivity contribution in [2.45, 2.75) is 52.6 Å². The molecule has 0 radical (unpaired) electrons. The molecule has 0 saturated carbocycles. The Balaban J connectivity index is 2.99. The topological polar surface area (TPSA) is 39.1 Å². The molecule has 1 atom stereocenters. The molecule has 0 spiro atoms. The fourth-order valence-corrected chi connectivity index (χ4v) is 2.41. The standard InChI is InChI=1S/C17H27N3/c1-5-12-19-15(4)16-9-6-7-10-17(16)20(14(2)3)13-8-11-18/h6-7,9-10,14-15,19H,5,8,12-13H2,1-4H3. The molecule has 3 heteroatoms. The fourth-order valence-electron chi connectivity index (χ4n) is 2.41. The molecule has 0 fully saturated rings. The molecule has 0 heterocycles. The first-order valence-corrected chi connectivity index (χ1v) is 7.57. The molecule has 0 saturated heterocycles. The Morgan fingerprint density at radius 1 is 1.25 bits per heavy atom. The van der Waals surface area contributed by atoms with E-state index in [9.17, 15) is 0 Å². The molecule has 0 aliphatic rings. The number of benzene rings is 1. The van der Waals surface area contributed by atoms with Crippen molar-refractivity contribution in [1.82, 2.24) is 5.32 Å². The van der Waals surface area contributed by atoms with Crippen molar-refractivity contribution in [3.05, 3.63) is 29.8 Å². The van der Waals surface area contributed by atoms with E-state index >= 15 is 0 Å². The predicted molar refractivity (Wildman–Crippen MR) is 85.9 cm³/mol. The van der Waals surface area contributed by atoms with Crippen molar-refractivity contribution in [2.24, 2.45) is 0 Å². The Labute approximate surface area is 123 Å². The normalized spacial score (nSPS) is 12.2. The van der Waals surface area contributed by atoms with Crippen LogP contribution in [0.5, 0.6) is 0 Å².